The standard InChI is InChI=1S/C20H17NO4/c1-13-4-3-5-16-19(22)15(12-25-20(13)16)10-14-6-7-17(24-9-8-21)18(11-14)23-2/h3-7,10-11H,9,12H2,1-2H3/b15-10-. The van der Waals surface area contributed by atoms with Crippen LogP contribution in [0.4, 0.5) is 0 Å². The Morgan fingerprint density at radius 1 is 1.28 bits per heavy atom. The lowest BCUT2D eigenvalue weighted by Crippen LogP contribution is -2.19. The molecule has 0 radical (unpaired) electrons. The molecule has 126 valence electrons. The zero-order chi connectivity index (χ0) is 17.8. The van der Waals surface area contributed by atoms with Crippen molar-refractivity contribution in [2.45, 2.75) is 6.92 Å². The first-order chi connectivity index (χ1) is 12.1. The first kappa shape index (κ1) is 16.6. The van der Waals surface area contributed by atoms with Gasteiger partial charge in [-0.05, 0) is 42.3 Å². The molecule has 0 N–H and O–H groups in total. The van der Waals surface area contributed by atoms with Crippen LogP contribution < -0.4 is 14.2 Å². The zero-order valence-corrected chi connectivity index (χ0v) is 14.0. The molecule has 0 atom stereocenters. The first-order valence-electron chi connectivity index (χ1n) is 7.79. The number of carbonyl (C=O) groups is 1. The van der Waals surface area contributed by atoms with Gasteiger partial charge in [0, 0.05) is 5.57 Å². The molecule has 5 nitrogen and oxygen atoms in total. The van der Waals surface area contributed by atoms with Crippen LogP contribution in [0.2, 0.25) is 0 Å². The third kappa shape index (κ3) is 3.33. The summed E-state index contributed by atoms with van der Waals surface area (Å²) in [6.45, 7) is 2.09. The molecule has 1 aliphatic heterocycles. The van der Waals surface area contributed by atoms with Crippen molar-refractivity contribution in [1.82, 2.24) is 0 Å². The molecule has 2 aromatic carbocycles. The van der Waals surface area contributed by atoms with Gasteiger partial charge in [0.15, 0.2) is 23.9 Å². The summed E-state index contributed by atoms with van der Waals surface area (Å²) in [5.74, 6) is 1.61. The van der Waals surface area contributed by atoms with Gasteiger partial charge in [-0.1, -0.05) is 18.2 Å². The number of hydrogen-bond donors (Lipinski definition) is 0. The van der Waals surface area contributed by atoms with Gasteiger partial charge >= 0.3 is 0 Å². The van der Waals surface area contributed by atoms with Crippen molar-refractivity contribution in [1.29, 1.82) is 5.26 Å². The molecule has 0 aliphatic carbocycles. The van der Waals surface area contributed by atoms with Crippen LogP contribution in [0.3, 0.4) is 0 Å². The number of hydrogen-bond acceptors (Lipinski definition) is 5. The fraction of sp³-hybridized carbons (Fsp3) is 0.200. The Hall–Kier alpha value is -3.26. The van der Waals surface area contributed by atoms with Crippen LogP contribution in [0.5, 0.6) is 17.2 Å². The SMILES string of the molecule is COc1cc(/C=C2/COc3c(C)cccc3C2=O)ccc1OCC#N. The molecule has 0 bridgehead atoms. The minimum Gasteiger partial charge on any atom is -0.493 e. The second-order valence-corrected chi connectivity index (χ2v) is 5.60. The maximum Gasteiger partial charge on any atom is 0.196 e. The summed E-state index contributed by atoms with van der Waals surface area (Å²) in [4.78, 5) is 12.7. The van der Waals surface area contributed by atoms with Gasteiger partial charge in [0.1, 0.15) is 18.4 Å². The van der Waals surface area contributed by atoms with E-state index in [4.69, 9.17) is 19.5 Å². The van der Waals surface area contributed by atoms with E-state index in [1.54, 1.807) is 30.3 Å². The molecule has 0 unspecified atom stereocenters. The van der Waals surface area contributed by atoms with Gasteiger partial charge in [-0.25, -0.2) is 0 Å². The van der Waals surface area contributed by atoms with E-state index in [2.05, 4.69) is 0 Å². The Morgan fingerprint density at radius 2 is 2.12 bits per heavy atom. The summed E-state index contributed by atoms with van der Waals surface area (Å²) < 4.78 is 16.4. The second kappa shape index (κ2) is 7.10. The monoisotopic (exact) mass is 335 g/mol. The average Bonchev–Trinajstić information content (AvgIpc) is 2.63. The number of carbonyl (C=O) groups excluding carboxylic acids is 1. The van der Waals surface area contributed by atoms with Gasteiger partial charge in [0.2, 0.25) is 0 Å². The van der Waals surface area contributed by atoms with Crippen molar-refractivity contribution in [2.75, 3.05) is 20.3 Å². The molecule has 5 heteroatoms. The molecule has 0 saturated carbocycles. The van der Waals surface area contributed by atoms with E-state index in [-0.39, 0.29) is 19.0 Å². The molecule has 0 aromatic heterocycles. The summed E-state index contributed by atoms with van der Waals surface area (Å²) in [5.41, 5.74) is 2.90. The number of ketones is 1. The van der Waals surface area contributed by atoms with Crippen molar-refractivity contribution in [3.8, 4) is 23.3 Å². The van der Waals surface area contributed by atoms with Crippen LogP contribution in [-0.2, 0) is 0 Å². The molecule has 0 saturated heterocycles. The van der Waals surface area contributed by atoms with E-state index in [0.29, 0.717) is 28.4 Å². The van der Waals surface area contributed by atoms with Crippen LogP contribution in [-0.4, -0.2) is 26.1 Å². The number of nitriles is 1. The van der Waals surface area contributed by atoms with Crippen LogP contribution >= 0.6 is 0 Å². The highest BCUT2D eigenvalue weighted by Gasteiger charge is 2.24. The first-order valence-corrected chi connectivity index (χ1v) is 7.79. The van der Waals surface area contributed by atoms with E-state index in [1.807, 2.05) is 25.1 Å². The number of para-hydroxylation sites is 1. The molecule has 0 amide bonds. The molecular weight excluding hydrogens is 318 g/mol. The maximum absolute atomic E-state index is 12.7. The van der Waals surface area contributed by atoms with E-state index in [1.165, 1.54) is 7.11 Å². The number of fused-ring (bicyclic) bond motifs is 1. The quantitative estimate of drug-likeness (QED) is 0.799. The van der Waals surface area contributed by atoms with E-state index >= 15 is 0 Å². The average molecular weight is 335 g/mol. The minimum absolute atomic E-state index is 0.0336. The number of aryl methyl sites for hydroxylation is 1. The third-order valence-corrected chi connectivity index (χ3v) is 3.94. The van der Waals surface area contributed by atoms with Crippen molar-refractivity contribution >= 4 is 11.9 Å². The molecule has 25 heavy (non-hydrogen) atoms. The maximum atomic E-state index is 12.7. The third-order valence-electron chi connectivity index (χ3n) is 3.94. The predicted octanol–water partition coefficient (Wildman–Crippen LogP) is 3.56. The summed E-state index contributed by atoms with van der Waals surface area (Å²) in [6, 6.07) is 12.8. The Labute approximate surface area is 146 Å². The lowest BCUT2D eigenvalue weighted by molar-refractivity contribution is 0.100. The Bertz CT molecular complexity index is 893. The van der Waals surface area contributed by atoms with Gasteiger partial charge in [-0.3, -0.25) is 4.79 Å². The normalized spacial score (nSPS) is 14.4. The lowest BCUT2D eigenvalue weighted by atomic mass is 9.96. The van der Waals surface area contributed by atoms with Crippen LogP contribution in [0.15, 0.2) is 42.0 Å². The minimum atomic E-state index is -0.0563. The number of Topliss-reactive ketones (excluding diaryl/α,β-unsaturated/α-hetero) is 1. The summed E-state index contributed by atoms with van der Waals surface area (Å²) in [7, 11) is 1.53. The summed E-state index contributed by atoms with van der Waals surface area (Å²) >= 11 is 0. The highest BCUT2D eigenvalue weighted by atomic mass is 16.5. The molecule has 2 aromatic rings. The highest BCUT2D eigenvalue weighted by Crippen LogP contribution is 2.32. The van der Waals surface area contributed by atoms with Crippen molar-refractivity contribution < 1.29 is 19.0 Å². The predicted molar refractivity (Wildman–Crippen MR) is 93.1 cm³/mol. The fourth-order valence-electron chi connectivity index (χ4n) is 2.72. The molecule has 3 rings (SSSR count). The molecule has 0 spiro atoms. The largest absolute Gasteiger partial charge is 0.493 e. The van der Waals surface area contributed by atoms with Crippen molar-refractivity contribution in [3.63, 3.8) is 0 Å². The number of ether oxygens (including phenoxy) is 3. The van der Waals surface area contributed by atoms with Crippen LogP contribution in [0.1, 0.15) is 21.5 Å². The summed E-state index contributed by atoms with van der Waals surface area (Å²) in [6.07, 6.45) is 1.78. The zero-order valence-electron chi connectivity index (χ0n) is 14.0. The van der Waals surface area contributed by atoms with Gasteiger partial charge in [0.25, 0.3) is 0 Å². The Kier molecular flexibility index (Phi) is 4.71. The van der Waals surface area contributed by atoms with Crippen LogP contribution in [0.25, 0.3) is 6.08 Å². The van der Waals surface area contributed by atoms with Crippen molar-refractivity contribution in [2.24, 2.45) is 0 Å². The molecule has 1 heterocycles. The fourth-order valence-corrected chi connectivity index (χ4v) is 2.72. The number of rotatable bonds is 4. The van der Waals surface area contributed by atoms with E-state index in [9.17, 15) is 4.79 Å². The Balaban J connectivity index is 1.91. The van der Waals surface area contributed by atoms with Gasteiger partial charge in [-0.15, -0.1) is 0 Å². The van der Waals surface area contributed by atoms with Crippen LogP contribution in [0, 0.1) is 18.3 Å². The van der Waals surface area contributed by atoms with Crippen molar-refractivity contribution in [3.05, 3.63) is 58.7 Å². The number of benzene rings is 2. The smallest absolute Gasteiger partial charge is 0.196 e. The lowest BCUT2D eigenvalue weighted by Gasteiger charge is -2.20. The van der Waals surface area contributed by atoms with E-state index in [0.717, 1.165) is 11.1 Å². The topological polar surface area (TPSA) is 68.6 Å². The molecular formula is C20H17NO4. The number of nitrogens with zero attached hydrogens (tertiary/aromatic N) is 1. The van der Waals surface area contributed by atoms with Gasteiger partial charge < -0.3 is 14.2 Å². The highest BCUT2D eigenvalue weighted by molar-refractivity contribution is 6.14. The van der Waals surface area contributed by atoms with E-state index < -0.39 is 0 Å². The molecule has 1 aliphatic rings. The number of methoxy groups -OCH3 is 1. The second-order valence-electron chi connectivity index (χ2n) is 5.60. The van der Waals surface area contributed by atoms with Gasteiger partial charge in [-0.2, -0.15) is 5.26 Å². The summed E-state index contributed by atoms with van der Waals surface area (Å²) in [5, 5.41) is 8.61. The molecule has 0 fully saturated rings. The Morgan fingerprint density at radius 3 is 2.88 bits per heavy atom. The van der Waals surface area contributed by atoms with Gasteiger partial charge in [0.05, 0.1) is 12.7 Å².